The fourth-order valence-electron chi connectivity index (χ4n) is 5.34. The fraction of sp³-hybridized carbons (Fsp3) is 0.387. The molecule has 3 aromatic rings. The van der Waals surface area contributed by atoms with Crippen molar-refractivity contribution in [2.45, 2.75) is 44.8 Å². The van der Waals surface area contributed by atoms with E-state index in [2.05, 4.69) is 25.4 Å². The van der Waals surface area contributed by atoms with Crippen LogP contribution < -0.4 is 20.3 Å². The number of nitrogens with one attached hydrogen (secondary N) is 2. The second kappa shape index (κ2) is 13.3. The molecule has 216 valence electrons. The van der Waals surface area contributed by atoms with Crippen LogP contribution in [-0.2, 0) is 0 Å². The van der Waals surface area contributed by atoms with Crippen molar-refractivity contribution in [3.8, 4) is 5.75 Å². The molecule has 2 amide bonds. The van der Waals surface area contributed by atoms with Crippen LogP contribution in [0, 0.1) is 0 Å². The Balaban J connectivity index is 1.34. The minimum atomic E-state index is -0.402. The summed E-state index contributed by atoms with van der Waals surface area (Å²) in [7, 11) is 0. The van der Waals surface area contributed by atoms with Crippen molar-refractivity contribution in [1.29, 1.82) is 0 Å². The highest BCUT2D eigenvalue weighted by Crippen LogP contribution is 2.31. The third-order valence-electron chi connectivity index (χ3n) is 7.42. The Kier molecular flexibility index (Phi) is 9.38. The topological polar surface area (TPSA) is 107 Å². The molecule has 9 nitrogen and oxygen atoms in total. The van der Waals surface area contributed by atoms with Crippen LogP contribution >= 0.6 is 11.6 Å². The van der Waals surface area contributed by atoms with Crippen molar-refractivity contribution in [1.82, 2.24) is 9.88 Å². The van der Waals surface area contributed by atoms with E-state index < -0.39 is 5.91 Å². The summed E-state index contributed by atoms with van der Waals surface area (Å²) in [4.78, 5) is 35.4. The third-order valence-corrected chi connectivity index (χ3v) is 7.64. The predicted molar refractivity (Wildman–Crippen MR) is 161 cm³/mol. The van der Waals surface area contributed by atoms with Gasteiger partial charge in [-0.3, -0.25) is 9.59 Å². The molecule has 1 unspecified atom stereocenters. The van der Waals surface area contributed by atoms with Crippen LogP contribution in [0.15, 0.2) is 60.8 Å². The summed E-state index contributed by atoms with van der Waals surface area (Å²) < 4.78 is 6.49. The van der Waals surface area contributed by atoms with Crippen molar-refractivity contribution in [2.24, 2.45) is 0 Å². The average Bonchev–Trinajstić information content (AvgIpc) is 3.51. The van der Waals surface area contributed by atoms with E-state index in [1.54, 1.807) is 49.4 Å². The molecule has 2 aliphatic heterocycles. The van der Waals surface area contributed by atoms with Gasteiger partial charge in [-0.15, -0.1) is 0 Å². The summed E-state index contributed by atoms with van der Waals surface area (Å²) in [6.45, 7) is 6.06. The molecule has 2 fully saturated rings. The van der Waals surface area contributed by atoms with Gasteiger partial charge in [-0.05, 0) is 69.0 Å². The maximum Gasteiger partial charge on any atom is 0.259 e. The van der Waals surface area contributed by atoms with Gasteiger partial charge in [-0.1, -0.05) is 23.7 Å². The number of para-hydroxylation sites is 1. The summed E-state index contributed by atoms with van der Waals surface area (Å²) in [6.07, 6.45) is 4.95. The first kappa shape index (κ1) is 28.9. The molecular weight excluding hydrogens is 542 g/mol. The molecule has 3 heterocycles. The molecule has 2 aliphatic rings. The first-order chi connectivity index (χ1) is 19.9. The number of carbonyl (C=O) groups excluding carboxylic acids is 2. The highest BCUT2D eigenvalue weighted by Gasteiger charge is 2.25. The fourth-order valence-corrected chi connectivity index (χ4v) is 5.46. The summed E-state index contributed by atoms with van der Waals surface area (Å²) in [5, 5.41) is 15.9. The lowest BCUT2D eigenvalue weighted by Gasteiger charge is -2.33. The first-order valence-corrected chi connectivity index (χ1v) is 14.5. The van der Waals surface area contributed by atoms with E-state index in [1.807, 2.05) is 12.1 Å². The van der Waals surface area contributed by atoms with Gasteiger partial charge in [0, 0.05) is 50.7 Å². The van der Waals surface area contributed by atoms with Crippen molar-refractivity contribution in [3.63, 3.8) is 0 Å². The standard InChI is InChI=1S/C31H36ClN5O4/c1-21(38)20-36-16-12-24(13-17-36)41-28-18-23(37-14-4-5-15-37)9-10-26(28)31(40)34-27-7-3-2-6-25(27)30(39)35-29-11-8-22(32)19-33-29/h2-3,6-11,18-19,21,24,38H,4-5,12-17,20H2,1H3,(H,34,40)(H,33,35,39). The van der Waals surface area contributed by atoms with Gasteiger partial charge in [0.1, 0.15) is 17.7 Å². The zero-order valence-electron chi connectivity index (χ0n) is 23.2. The number of carbonyl (C=O) groups is 2. The monoisotopic (exact) mass is 577 g/mol. The highest BCUT2D eigenvalue weighted by molar-refractivity contribution is 6.30. The number of hydrogen-bond acceptors (Lipinski definition) is 7. The molecule has 2 saturated heterocycles. The van der Waals surface area contributed by atoms with Gasteiger partial charge >= 0.3 is 0 Å². The number of ether oxygens (including phenoxy) is 1. The Morgan fingerprint density at radius 2 is 1.73 bits per heavy atom. The molecule has 0 radical (unpaired) electrons. The lowest BCUT2D eigenvalue weighted by Crippen LogP contribution is -2.41. The summed E-state index contributed by atoms with van der Waals surface area (Å²) in [5.74, 6) is 0.131. The van der Waals surface area contributed by atoms with Crippen LogP contribution in [0.4, 0.5) is 17.2 Å². The smallest absolute Gasteiger partial charge is 0.259 e. The van der Waals surface area contributed by atoms with Crippen LogP contribution in [0.2, 0.25) is 5.02 Å². The Hall–Kier alpha value is -3.66. The van der Waals surface area contributed by atoms with Gasteiger partial charge in [0.25, 0.3) is 11.8 Å². The van der Waals surface area contributed by atoms with Gasteiger partial charge in [0.05, 0.1) is 27.9 Å². The molecule has 5 rings (SSSR count). The number of aliphatic hydroxyl groups is 1. The average molecular weight is 578 g/mol. The molecule has 1 atom stereocenters. The van der Waals surface area contributed by atoms with Gasteiger partial charge in [-0.2, -0.15) is 0 Å². The van der Waals surface area contributed by atoms with Gasteiger partial charge < -0.3 is 30.3 Å². The predicted octanol–water partition coefficient (Wildman–Crippen LogP) is 5.06. The molecular formula is C31H36ClN5O4. The number of β-amino-alcohol motifs (C(OH)–C–C–N with tert-alkyl or cyclic N) is 1. The highest BCUT2D eigenvalue weighted by atomic mass is 35.5. The second-order valence-electron chi connectivity index (χ2n) is 10.7. The molecule has 3 N–H and O–H groups in total. The van der Waals surface area contributed by atoms with Gasteiger partial charge in [0.15, 0.2) is 0 Å². The number of amides is 2. The zero-order chi connectivity index (χ0) is 28.8. The Bertz CT molecular complexity index is 1350. The zero-order valence-corrected chi connectivity index (χ0v) is 23.9. The number of pyridine rings is 1. The summed E-state index contributed by atoms with van der Waals surface area (Å²) >= 11 is 5.90. The molecule has 1 aromatic heterocycles. The number of aromatic nitrogens is 1. The van der Waals surface area contributed by atoms with Crippen LogP contribution in [-0.4, -0.2) is 71.7 Å². The largest absolute Gasteiger partial charge is 0.489 e. The first-order valence-electron chi connectivity index (χ1n) is 14.1. The van der Waals surface area contributed by atoms with E-state index in [-0.39, 0.29) is 18.1 Å². The Labute approximate surface area is 245 Å². The van der Waals surface area contributed by atoms with E-state index in [0.717, 1.165) is 57.5 Å². The van der Waals surface area contributed by atoms with Crippen LogP contribution in [0.3, 0.4) is 0 Å². The van der Waals surface area contributed by atoms with E-state index in [4.69, 9.17) is 16.3 Å². The van der Waals surface area contributed by atoms with Crippen molar-refractivity contribution in [2.75, 3.05) is 48.3 Å². The number of hydrogen-bond donors (Lipinski definition) is 3. The molecule has 41 heavy (non-hydrogen) atoms. The van der Waals surface area contributed by atoms with Crippen molar-refractivity contribution < 1.29 is 19.4 Å². The molecule has 0 saturated carbocycles. The lowest BCUT2D eigenvalue weighted by atomic mass is 10.1. The van der Waals surface area contributed by atoms with Crippen molar-refractivity contribution >= 4 is 40.6 Å². The number of benzene rings is 2. The lowest BCUT2D eigenvalue weighted by molar-refractivity contribution is 0.0665. The maximum absolute atomic E-state index is 13.7. The van der Waals surface area contributed by atoms with E-state index in [0.29, 0.717) is 39.9 Å². The SMILES string of the molecule is CC(O)CN1CCC(Oc2cc(N3CCCC3)ccc2C(=O)Nc2ccccc2C(=O)Nc2ccc(Cl)cn2)CC1. The molecule has 10 heteroatoms. The van der Waals surface area contributed by atoms with E-state index >= 15 is 0 Å². The minimum absolute atomic E-state index is 0.0365. The number of piperidine rings is 1. The minimum Gasteiger partial charge on any atom is -0.489 e. The van der Waals surface area contributed by atoms with Crippen molar-refractivity contribution in [3.05, 3.63) is 76.9 Å². The maximum atomic E-state index is 13.7. The normalized spacial score (nSPS) is 16.8. The molecule has 0 aliphatic carbocycles. The second-order valence-corrected chi connectivity index (χ2v) is 11.1. The number of rotatable bonds is 9. The summed E-state index contributed by atoms with van der Waals surface area (Å²) in [6, 6.07) is 15.8. The number of anilines is 3. The number of halogens is 1. The van der Waals surface area contributed by atoms with Crippen LogP contribution in [0.5, 0.6) is 5.75 Å². The number of nitrogens with zero attached hydrogens (tertiary/aromatic N) is 3. The van der Waals surface area contributed by atoms with Gasteiger partial charge in [-0.25, -0.2) is 4.98 Å². The van der Waals surface area contributed by atoms with E-state index in [1.165, 1.54) is 6.20 Å². The number of likely N-dealkylation sites (tertiary alicyclic amines) is 1. The van der Waals surface area contributed by atoms with Gasteiger partial charge in [0.2, 0.25) is 0 Å². The van der Waals surface area contributed by atoms with E-state index in [9.17, 15) is 14.7 Å². The third kappa shape index (κ3) is 7.55. The van der Waals surface area contributed by atoms with Crippen LogP contribution in [0.25, 0.3) is 0 Å². The quantitative estimate of drug-likeness (QED) is 0.326. The molecule has 0 bridgehead atoms. The Morgan fingerprint density at radius 1 is 1.00 bits per heavy atom. The summed E-state index contributed by atoms with van der Waals surface area (Å²) in [5.41, 5.74) is 2.13. The molecule has 2 aromatic carbocycles. The number of aliphatic hydroxyl groups excluding tert-OH is 1. The molecule has 0 spiro atoms. The Morgan fingerprint density at radius 3 is 2.44 bits per heavy atom. The van der Waals surface area contributed by atoms with Crippen LogP contribution in [0.1, 0.15) is 53.3 Å².